The van der Waals surface area contributed by atoms with Crippen LogP contribution in [0.4, 0.5) is 18.0 Å². The molecular formula is C21H22Cl2F3N3O4. The maximum Gasteiger partial charge on any atom is 0.515 e. The fraction of sp³-hybridized carbons (Fsp3) is 0.476. The molecule has 0 aliphatic heterocycles. The average Bonchev–Trinajstić information content (AvgIpc) is 3.07. The van der Waals surface area contributed by atoms with Crippen molar-refractivity contribution in [2.75, 3.05) is 6.61 Å². The summed E-state index contributed by atoms with van der Waals surface area (Å²) in [6, 6.07) is 2.50. The summed E-state index contributed by atoms with van der Waals surface area (Å²) in [6.45, 7) is 2.34. The zero-order valence-electron chi connectivity index (χ0n) is 17.6. The molecule has 1 aromatic heterocycles. The molecule has 0 atom stereocenters. The highest BCUT2D eigenvalue weighted by Crippen LogP contribution is 2.32. The number of amides is 1. The molecule has 0 unspecified atom stereocenters. The highest BCUT2D eigenvalue weighted by Gasteiger charge is 2.32. The fourth-order valence-corrected chi connectivity index (χ4v) is 4.05. The summed E-state index contributed by atoms with van der Waals surface area (Å²) in [7, 11) is 0. The van der Waals surface area contributed by atoms with Gasteiger partial charge in [0.05, 0.1) is 22.8 Å². The van der Waals surface area contributed by atoms with Crippen molar-refractivity contribution in [1.29, 1.82) is 0 Å². The van der Waals surface area contributed by atoms with Crippen LogP contribution in [0.15, 0.2) is 24.4 Å². The van der Waals surface area contributed by atoms with Crippen LogP contribution in [0.2, 0.25) is 10.0 Å². The SMILES string of the molecule is CCOC(=O)Oc1nn(C[C@H]2CC[C@H](NC(=O)c3cc(C(F)(F)F)ccc3Cl)CC2)cc1Cl. The monoisotopic (exact) mass is 507 g/mol. The molecule has 0 spiro atoms. The van der Waals surface area contributed by atoms with E-state index in [0.717, 1.165) is 31.0 Å². The quantitative estimate of drug-likeness (QED) is 0.504. The first kappa shape index (κ1) is 25.2. The van der Waals surface area contributed by atoms with Gasteiger partial charge in [-0.3, -0.25) is 9.48 Å². The Labute approximate surface area is 198 Å². The third-order valence-corrected chi connectivity index (χ3v) is 5.88. The van der Waals surface area contributed by atoms with Crippen molar-refractivity contribution >= 4 is 35.3 Å². The van der Waals surface area contributed by atoms with Gasteiger partial charge in [-0.15, -0.1) is 5.10 Å². The lowest BCUT2D eigenvalue weighted by atomic mass is 9.86. The molecular weight excluding hydrogens is 486 g/mol. The van der Waals surface area contributed by atoms with Crippen molar-refractivity contribution in [3.8, 4) is 5.88 Å². The molecule has 12 heteroatoms. The van der Waals surface area contributed by atoms with E-state index in [4.69, 9.17) is 32.7 Å². The number of hydrogen-bond acceptors (Lipinski definition) is 5. The predicted molar refractivity (Wildman–Crippen MR) is 115 cm³/mol. The fourth-order valence-electron chi connectivity index (χ4n) is 3.66. The van der Waals surface area contributed by atoms with E-state index in [1.807, 2.05) is 0 Å². The summed E-state index contributed by atoms with van der Waals surface area (Å²) in [6.07, 6.45) is -1.09. The summed E-state index contributed by atoms with van der Waals surface area (Å²) in [5.74, 6) is -0.426. The molecule has 3 rings (SSSR count). The highest BCUT2D eigenvalue weighted by molar-refractivity contribution is 6.33. The van der Waals surface area contributed by atoms with Gasteiger partial charge in [0.1, 0.15) is 5.02 Å². The van der Waals surface area contributed by atoms with Gasteiger partial charge in [0, 0.05) is 18.8 Å². The van der Waals surface area contributed by atoms with E-state index >= 15 is 0 Å². The third-order valence-electron chi connectivity index (χ3n) is 5.29. The molecule has 1 N–H and O–H groups in total. The molecule has 1 heterocycles. The number of nitrogens with zero attached hydrogens (tertiary/aromatic N) is 2. The molecule has 180 valence electrons. The molecule has 1 aromatic carbocycles. The van der Waals surface area contributed by atoms with Crippen LogP contribution in [0, 0.1) is 5.92 Å². The molecule has 0 saturated heterocycles. The number of halogens is 5. The van der Waals surface area contributed by atoms with Gasteiger partial charge in [-0.1, -0.05) is 23.2 Å². The number of ether oxygens (including phenoxy) is 2. The van der Waals surface area contributed by atoms with E-state index in [2.05, 4.69) is 10.4 Å². The average molecular weight is 508 g/mol. The molecule has 1 aliphatic carbocycles. The summed E-state index contributed by atoms with van der Waals surface area (Å²) in [4.78, 5) is 23.9. The minimum Gasteiger partial charge on any atom is -0.434 e. The van der Waals surface area contributed by atoms with E-state index in [0.29, 0.717) is 19.4 Å². The molecule has 1 fully saturated rings. The van der Waals surface area contributed by atoms with Gasteiger partial charge in [0.15, 0.2) is 0 Å². The number of carbonyl (C=O) groups excluding carboxylic acids is 2. The van der Waals surface area contributed by atoms with Gasteiger partial charge in [-0.05, 0) is 56.7 Å². The van der Waals surface area contributed by atoms with E-state index in [-0.39, 0.29) is 40.1 Å². The van der Waals surface area contributed by atoms with Crippen LogP contribution in [0.5, 0.6) is 5.88 Å². The van der Waals surface area contributed by atoms with Gasteiger partial charge in [-0.2, -0.15) is 13.2 Å². The number of alkyl halides is 3. The van der Waals surface area contributed by atoms with Crippen LogP contribution in [0.1, 0.15) is 48.5 Å². The number of hydrogen-bond donors (Lipinski definition) is 1. The maximum atomic E-state index is 12.9. The smallest absolute Gasteiger partial charge is 0.434 e. The first-order valence-corrected chi connectivity index (χ1v) is 11.1. The number of benzene rings is 1. The normalized spacial score (nSPS) is 18.6. The minimum absolute atomic E-state index is 0.0333. The van der Waals surface area contributed by atoms with Gasteiger partial charge >= 0.3 is 12.3 Å². The Morgan fingerprint density at radius 3 is 2.52 bits per heavy atom. The number of carbonyl (C=O) groups is 2. The largest absolute Gasteiger partial charge is 0.515 e. The van der Waals surface area contributed by atoms with Crippen molar-refractivity contribution in [3.05, 3.63) is 45.6 Å². The van der Waals surface area contributed by atoms with Crippen LogP contribution >= 0.6 is 23.2 Å². The van der Waals surface area contributed by atoms with Crippen molar-refractivity contribution in [3.63, 3.8) is 0 Å². The Morgan fingerprint density at radius 2 is 1.88 bits per heavy atom. The summed E-state index contributed by atoms with van der Waals surface area (Å²) in [5.41, 5.74) is -1.13. The van der Waals surface area contributed by atoms with E-state index in [1.165, 1.54) is 0 Å². The van der Waals surface area contributed by atoms with E-state index in [9.17, 15) is 22.8 Å². The summed E-state index contributed by atoms with van der Waals surface area (Å²) in [5, 5.41) is 7.08. The second-order valence-corrected chi connectivity index (χ2v) is 8.49. The molecule has 0 bridgehead atoms. The number of rotatable bonds is 6. The Balaban J connectivity index is 1.53. The second-order valence-electron chi connectivity index (χ2n) is 7.67. The standard InChI is InChI=1S/C21H22Cl2F3N3O4/c1-2-32-20(31)33-19-17(23)11-29(28-19)10-12-3-6-14(7-4-12)27-18(30)15-9-13(21(24,25)26)5-8-16(15)22/h5,8-9,11-12,14H,2-4,6-7,10H2,1H3,(H,27,30)/t12-,14-. The molecule has 33 heavy (non-hydrogen) atoms. The van der Waals surface area contributed by atoms with Crippen LogP contribution in [-0.2, 0) is 17.5 Å². The topological polar surface area (TPSA) is 82.4 Å². The first-order chi connectivity index (χ1) is 15.6. The zero-order valence-corrected chi connectivity index (χ0v) is 19.1. The van der Waals surface area contributed by atoms with Crippen LogP contribution in [0.3, 0.4) is 0 Å². The number of nitrogens with one attached hydrogen (secondary N) is 1. The zero-order chi connectivity index (χ0) is 24.2. The van der Waals surface area contributed by atoms with Gasteiger partial charge in [0.25, 0.3) is 11.8 Å². The lowest BCUT2D eigenvalue weighted by Crippen LogP contribution is -2.38. The van der Waals surface area contributed by atoms with Gasteiger partial charge in [0.2, 0.25) is 0 Å². The predicted octanol–water partition coefficient (Wildman–Crippen LogP) is 5.73. The van der Waals surface area contributed by atoms with Crippen molar-refractivity contribution in [2.45, 2.75) is 51.4 Å². The summed E-state index contributed by atoms with van der Waals surface area (Å²) >= 11 is 12.0. The minimum atomic E-state index is -4.56. The summed E-state index contributed by atoms with van der Waals surface area (Å²) < 4.78 is 50.1. The van der Waals surface area contributed by atoms with Gasteiger partial charge in [-0.25, -0.2) is 4.79 Å². The van der Waals surface area contributed by atoms with Crippen molar-refractivity contribution in [2.24, 2.45) is 5.92 Å². The molecule has 1 amide bonds. The second kappa shape index (κ2) is 10.6. The van der Waals surface area contributed by atoms with Crippen LogP contribution in [-0.4, -0.2) is 34.5 Å². The molecule has 1 saturated carbocycles. The van der Waals surface area contributed by atoms with Crippen molar-refractivity contribution in [1.82, 2.24) is 15.1 Å². The Hall–Kier alpha value is -2.46. The Kier molecular flexibility index (Phi) is 8.12. The molecule has 2 aromatic rings. The first-order valence-electron chi connectivity index (χ1n) is 10.3. The lowest BCUT2D eigenvalue weighted by Gasteiger charge is -2.29. The van der Waals surface area contributed by atoms with E-state index in [1.54, 1.807) is 17.8 Å². The Bertz CT molecular complexity index is 1010. The highest BCUT2D eigenvalue weighted by atomic mass is 35.5. The Morgan fingerprint density at radius 1 is 1.18 bits per heavy atom. The molecule has 0 radical (unpaired) electrons. The van der Waals surface area contributed by atoms with Crippen LogP contribution < -0.4 is 10.1 Å². The van der Waals surface area contributed by atoms with Crippen LogP contribution in [0.25, 0.3) is 0 Å². The third kappa shape index (κ3) is 6.77. The molecule has 7 nitrogen and oxygen atoms in total. The van der Waals surface area contributed by atoms with E-state index < -0.39 is 23.8 Å². The van der Waals surface area contributed by atoms with Crippen molar-refractivity contribution < 1.29 is 32.2 Å². The van der Waals surface area contributed by atoms with Gasteiger partial charge < -0.3 is 14.8 Å². The maximum absolute atomic E-state index is 12.9. The lowest BCUT2D eigenvalue weighted by molar-refractivity contribution is -0.137. The number of aromatic nitrogens is 2. The molecule has 1 aliphatic rings.